The van der Waals surface area contributed by atoms with E-state index in [2.05, 4.69) is 39.9 Å². The molecule has 4 nitrogen and oxygen atoms in total. The molecule has 0 spiro atoms. The maximum Gasteiger partial charge on any atom is 0.410 e. The number of amides is 1. The fraction of sp³-hybridized carbons (Fsp3) is 0.947. The molecular formula is C19H38N2O2. The number of hydrogen-bond acceptors (Lipinski definition) is 3. The van der Waals surface area contributed by atoms with Crippen LogP contribution in [0.1, 0.15) is 68.2 Å². The first-order chi connectivity index (χ1) is 10.4. The molecule has 0 radical (unpaired) electrons. The predicted molar refractivity (Wildman–Crippen MR) is 96.6 cm³/mol. The van der Waals surface area contributed by atoms with Gasteiger partial charge in [0.25, 0.3) is 0 Å². The first-order valence-electron chi connectivity index (χ1n) is 9.13. The average Bonchev–Trinajstić information content (AvgIpc) is 2.43. The minimum atomic E-state index is -0.421. The first kappa shape index (κ1) is 20.3. The van der Waals surface area contributed by atoms with Crippen LogP contribution in [-0.4, -0.2) is 42.3 Å². The lowest BCUT2D eigenvalue weighted by Gasteiger charge is -2.38. The summed E-state index contributed by atoms with van der Waals surface area (Å²) in [6.45, 7) is 19.8. The highest BCUT2D eigenvalue weighted by Gasteiger charge is 2.31. The van der Waals surface area contributed by atoms with E-state index >= 15 is 0 Å². The van der Waals surface area contributed by atoms with Gasteiger partial charge in [-0.1, -0.05) is 27.7 Å². The highest BCUT2D eigenvalue weighted by Crippen LogP contribution is 2.26. The van der Waals surface area contributed by atoms with Crippen molar-refractivity contribution in [3.8, 4) is 0 Å². The Kier molecular flexibility index (Phi) is 6.94. The van der Waals surface area contributed by atoms with Crippen molar-refractivity contribution in [2.75, 3.05) is 19.6 Å². The molecule has 0 bridgehead atoms. The number of carbonyl (C=O) groups is 1. The minimum absolute atomic E-state index is 0.170. The van der Waals surface area contributed by atoms with Crippen molar-refractivity contribution in [1.82, 2.24) is 10.2 Å². The molecule has 0 aliphatic carbocycles. The van der Waals surface area contributed by atoms with E-state index in [1.165, 1.54) is 6.42 Å². The summed E-state index contributed by atoms with van der Waals surface area (Å²) in [5.41, 5.74) is -0.136. The molecule has 1 saturated heterocycles. The molecule has 1 amide bonds. The maximum atomic E-state index is 12.3. The third kappa shape index (κ3) is 6.70. The van der Waals surface area contributed by atoms with Gasteiger partial charge in [0.1, 0.15) is 5.60 Å². The average molecular weight is 327 g/mol. The fourth-order valence-electron chi connectivity index (χ4n) is 2.71. The number of nitrogens with one attached hydrogen (secondary N) is 1. The van der Waals surface area contributed by atoms with Crippen molar-refractivity contribution < 1.29 is 9.53 Å². The number of piperidine rings is 1. The van der Waals surface area contributed by atoms with Crippen LogP contribution < -0.4 is 5.32 Å². The van der Waals surface area contributed by atoms with E-state index in [1.807, 2.05) is 25.7 Å². The number of ether oxygens (including phenoxy) is 1. The van der Waals surface area contributed by atoms with Crippen LogP contribution in [0.3, 0.4) is 0 Å². The molecule has 0 aromatic carbocycles. The summed E-state index contributed by atoms with van der Waals surface area (Å²) >= 11 is 0. The van der Waals surface area contributed by atoms with Crippen molar-refractivity contribution >= 4 is 6.09 Å². The van der Waals surface area contributed by atoms with Gasteiger partial charge in [-0.05, 0) is 57.8 Å². The number of nitrogens with zero attached hydrogens (tertiary/aromatic N) is 1. The lowest BCUT2D eigenvalue weighted by molar-refractivity contribution is 0.0145. The third-order valence-corrected chi connectivity index (χ3v) is 5.26. The Morgan fingerprint density at radius 1 is 1.22 bits per heavy atom. The molecule has 1 aliphatic rings. The largest absolute Gasteiger partial charge is 0.444 e. The smallest absolute Gasteiger partial charge is 0.410 e. The number of hydrogen-bond donors (Lipinski definition) is 1. The molecule has 0 aromatic rings. The molecule has 1 N–H and O–H groups in total. The van der Waals surface area contributed by atoms with Gasteiger partial charge in [0.2, 0.25) is 0 Å². The third-order valence-electron chi connectivity index (χ3n) is 5.26. The predicted octanol–water partition coefficient (Wildman–Crippen LogP) is 4.29. The molecule has 0 aromatic heterocycles. The summed E-state index contributed by atoms with van der Waals surface area (Å²) in [4.78, 5) is 14.2. The fourth-order valence-corrected chi connectivity index (χ4v) is 2.71. The maximum absolute atomic E-state index is 12.3. The quantitative estimate of drug-likeness (QED) is 0.819. The van der Waals surface area contributed by atoms with Gasteiger partial charge < -0.3 is 15.0 Å². The second-order valence-electron chi connectivity index (χ2n) is 9.14. The molecule has 1 fully saturated rings. The SMILES string of the molecule is CC(NCC(C)(C)C(C)C)C1CCCN(C(=O)OC(C)(C)C)C1. The zero-order valence-corrected chi connectivity index (χ0v) is 16.5. The van der Waals surface area contributed by atoms with Crippen LogP contribution in [0.25, 0.3) is 0 Å². The van der Waals surface area contributed by atoms with Crippen molar-refractivity contribution in [3.05, 3.63) is 0 Å². The molecule has 1 rings (SSSR count). The van der Waals surface area contributed by atoms with Crippen molar-refractivity contribution in [2.24, 2.45) is 17.3 Å². The topological polar surface area (TPSA) is 41.6 Å². The Hall–Kier alpha value is -0.770. The Bertz CT molecular complexity index is 385. The van der Waals surface area contributed by atoms with Crippen LogP contribution in [0.15, 0.2) is 0 Å². The van der Waals surface area contributed by atoms with Gasteiger partial charge in [0, 0.05) is 25.7 Å². The van der Waals surface area contributed by atoms with Gasteiger partial charge in [-0.25, -0.2) is 4.79 Å². The Labute approximate surface area is 143 Å². The zero-order chi connectivity index (χ0) is 17.8. The van der Waals surface area contributed by atoms with Crippen LogP contribution in [0.4, 0.5) is 4.79 Å². The minimum Gasteiger partial charge on any atom is -0.444 e. The Morgan fingerprint density at radius 2 is 1.83 bits per heavy atom. The highest BCUT2D eigenvalue weighted by atomic mass is 16.6. The van der Waals surface area contributed by atoms with E-state index in [1.54, 1.807) is 0 Å². The lowest BCUT2D eigenvalue weighted by atomic mass is 9.80. The highest BCUT2D eigenvalue weighted by molar-refractivity contribution is 5.68. The van der Waals surface area contributed by atoms with Crippen LogP contribution in [0, 0.1) is 17.3 Å². The molecule has 23 heavy (non-hydrogen) atoms. The first-order valence-corrected chi connectivity index (χ1v) is 9.13. The van der Waals surface area contributed by atoms with E-state index in [4.69, 9.17) is 4.74 Å². The Morgan fingerprint density at radius 3 is 2.35 bits per heavy atom. The lowest BCUT2D eigenvalue weighted by Crippen LogP contribution is -2.49. The molecule has 1 heterocycles. The summed E-state index contributed by atoms with van der Waals surface area (Å²) in [6.07, 6.45) is 2.07. The summed E-state index contributed by atoms with van der Waals surface area (Å²) < 4.78 is 5.52. The molecule has 1 aliphatic heterocycles. The van der Waals surface area contributed by atoms with Crippen LogP contribution in [0.5, 0.6) is 0 Å². The van der Waals surface area contributed by atoms with Crippen LogP contribution in [0.2, 0.25) is 0 Å². The van der Waals surface area contributed by atoms with Crippen molar-refractivity contribution in [3.63, 3.8) is 0 Å². The van der Waals surface area contributed by atoms with Crippen molar-refractivity contribution in [2.45, 2.75) is 79.9 Å². The summed E-state index contributed by atoms with van der Waals surface area (Å²) in [7, 11) is 0. The van der Waals surface area contributed by atoms with E-state index in [9.17, 15) is 4.79 Å². The number of carbonyl (C=O) groups excluding carboxylic acids is 1. The summed E-state index contributed by atoms with van der Waals surface area (Å²) in [5.74, 6) is 1.14. The van der Waals surface area contributed by atoms with Crippen molar-refractivity contribution in [1.29, 1.82) is 0 Å². The Balaban J connectivity index is 2.52. The second-order valence-corrected chi connectivity index (χ2v) is 9.14. The monoisotopic (exact) mass is 326 g/mol. The molecule has 0 saturated carbocycles. The van der Waals surface area contributed by atoms with E-state index in [-0.39, 0.29) is 11.5 Å². The van der Waals surface area contributed by atoms with Crippen LogP contribution >= 0.6 is 0 Å². The van der Waals surface area contributed by atoms with Gasteiger partial charge in [0.15, 0.2) is 0 Å². The van der Waals surface area contributed by atoms with Gasteiger partial charge >= 0.3 is 6.09 Å². The van der Waals surface area contributed by atoms with Crippen LogP contribution in [-0.2, 0) is 4.74 Å². The molecule has 136 valence electrons. The van der Waals surface area contributed by atoms with Gasteiger partial charge in [-0.2, -0.15) is 0 Å². The molecule has 4 heteroatoms. The van der Waals surface area contributed by atoms with E-state index in [0.717, 1.165) is 26.1 Å². The number of rotatable bonds is 5. The van der Waals surface area contributed by atoms with Gasteiger partial charge in [-0.15, -0.1) is 0 Å². The van der Waals surface area contributed by atoms with E-state index in [0.29, 0.717) is 17.9 Å². The van der Waals surface area contributed by atoms with E-state index < -0.39 is 5.60 Å². The standard InChI is InChI=1S/C19H38N2O2/c1-14(2)19(7,8)13-20-15(3)16-10-9-11-21(12-16)17(22)23-18(4,5)6/h14-16,20H,9-13H2,1-8H3. The molecular weight excluding hydrogens is 288 g/mol. The summed E-state index contributed by atoms with van der Waals surface area (Å²) in [6, 6.07) is 0.415. The second kappa shape index (κ2) is 7.87. The van der Waals surface area contributed by atoms with Gasteiger partial charge in [-0.3, -0.25) is 0 Å². The van der Waals surface area contributed by atoms with Gasteiger partial charge in [0.05, 0.1) is 0 Å². The molecule has 2 unspecified atom stereocenters. The number of likely N-dealkylation sites (tertiary alicyclic amines) is 1. The normalized spacial score (nSPS) is 21.4. The zero-order valence-electron chi connectivity index (χ0n) is 16.5. The summed E-state index contributed by atoms with van der Waals surface area (Å²) in [5, 5.41) is 3.70. The molecule has 2 atom stereocenters.